The highest BCUT2D eigenvalue weighted by Crippen LogP contribution is 2.24. The van der Waals surface area contributed by atoms with Gasteiger partial charge in [0.25, 0.3) is 0 Å². The molecule has 5 nitrogen and oxygen atoms in total. The van der Waals surface area contributed by atoms with Gasteiger partial charge in [-0.1, -0.05) is 12.8 Å². The molecule has 1 aliphatic carbocycles. The number of nitrogens with two attached hydrogens (primary N) is 1. The molecule has 1 atom stereocenters. The number of rotatable bonds is 6. The topological polar surface area (TPSA) is 76.7 Å². The van der Waals surface area contributed by atoms with Gasteiger partial charge in [0.15, 0.2) is 0 Å². The first-order chi connectivity index (χ1) is 8.15. The molecule has 0 radical (unpaired) electrons. The van der Waals surface area contributed by atoms with E-state index >= 15 is 0 Å². The van der Waals surface area contributed by atoms with Crippen molar-refractivity contribution in [2.45, 2.75) is 38.6 Å². The molecule has 17 heavy (non-hydrogen) atoms. The van der Waals surface area contributed by atoms with Gasteiger partial charge in [-0.3, -0.25) is 9.79 Å². The summed E-state index contributed by atoms with van der Waals surface area (Å²) in [5, 5.41) is 2.75. The maximum absolute atomic E-state index is 11.6. The molecular weight excluding hydrogens is 218 g/mol. The molecule has 0 heterocycles. The number of nitrogens with zero attached hydrogens (tertiary/aromatic N) is 1. The molecular formula is C12H23N3O2. The summed E-state index contributed by atoms with van der Waals surface area (Å²) in [4.78, 5) is 15.9. The van der Waals surface area contributed by atoms with Crippen molar-refractivity contribution in [1.29, 1.82) is 0 Å². The molecule has 1 amide bonds. The fourth-order valence-electron chi connectivity index (χ4n) is 2.03. The highest BCUT2D eigenvalue weighted by atomic mass is 16.5. The van der Waals surface area contributed by atoms with E-state index in [0.29, 0.717) is 24.9 Å². The Hall–Kier alpha value is -1.10. The van der Waals surface area contributed by atoms with E-state index in [1.807, 2.05) is 0 Å². The van der Waals surface area contributed by atoms with Crippen LogP contribution in [0.3, 0.4) is 0 Å². The van der Waals surface area contributed by atoms with Gasteiger partial charge in [0.2, 0.25) is 5.91 Å². The zero-order chi connectivity index (χ0) is 12.7. The Morgan fingerprint density at radius 1 is 1.53 bits per heavy atom. The van der Waals surface area contributed by atoms with Crippen molar-refractivity contribution in [3.8, 4) is 0 Å². The van der Waals surface area contributed by atoms with Gasteiger partial charge in [0.1, 0.15) is 6.04 Å². The molecule has 0 aliphatic heterocycles. The molecule has 1 aliphatic rings. The molecule has 0 aromatic rings. The Kier molecular flexibility index (Phi) is 5.97. The second-order valence-corrected chi connectivity index (χ2v) is 4.50. The third-order valence-corrected chi connectivity index (χ3v) is 3.10. The minimum atomic E-state index is -0.410. The summed E-state index contributed by atoms with van der Waals surface area (Å²) in [7, 11) is 1.60. The molecule has 0 aromatic carbocycles. The van der Waals surface area contributed by atoms with Gasteiger partial charge in [0, 0.05) is 19.6 Å². The normalized spacial score (nSPS) is 19.3. The Morgan fingerprint density at radius 3 is 2.76 bits per heavy atom. The van der Waals surface area contributed by atoms with Crippen molar-refractivity contribution < 1.29 is 9.53 Å². The first kappa shape index (κ1) is 14.0. The Balaban J connectivity index is 2.37. The molecule has 5 heteroatoms. The van der Waals surface area contributed by atoms with Crippen LogP contribution in [0.15, 0.2) is 4.99 Å². The number of aliphatic imine (C=N–C) groups is 1. The first-order valence-corrected chi connectivity index (χ1v) is 6.25. The van der Waals surface area contributed by atoms with Crippen molar-refractivity contribution >= 4 is 11.7 Å². The first-order valence-electron chi connectivity index (χ1n) is 6.25. The number of nitrogens with one attached hydrogen (secondary N) is 1. The SMILES string of the molecule is COCCNC(=O)C(C)N=C(N)C1CCCC1. The summed E-state index contributed by atoms with van der Waals surface area (Å²) in [6.07, 6.45) is 4.64. The number of carbonyl (C=O) groups excluding carboxylic acids is 1. The maximum atomic E-state index is 11.6. The van der Waals surface area contributed by atoms with E-state index in [2.05, 4.69) is 10.3 Å². The lowest BCUT2D eigenvalue weighted by Crippen LogP contribution is -2.36. The summed E-state index contributed by atoms with van der Waals surface area (Å²) in [6.45, 7) is 2.79. The van der Waals surface area contributed by atoms with Crippen LogP contribution < -0.4 is 11.1 Å². The van der Waals surface area contributed by atoms with E-state index in [0.717, 1.165) is 12.8 Å². The van der Waals surface area contributed by atoms with E-state index in [9.17, 15) is 4.79 Å². The molecule has 1 saturated carbocycles. The molecule has 0 bridgehead atoms. The number of ether oxygens (including phenoxy) is 1. The van der Waals surface area contributed by atoms with Crippen LogP contribution in [0.4, 0.5) is 0 Å². The van der Waals surface area contributed by atoms with Crippen molar-refractivity contribution in [3.05, 3.63) is 0 Å². The largest absolute Gasteiger partial charge is 0.387 e. The quantitative estimate of drug-likeness (QED) is 0.408. The van der Waals surface area contributed by atoms with E-state index < -0.39 is 6.04 Å². The van der Waals surface area contributed by atoms with Crippen LogP contribution in [0.5, 0.6) is 0 Å². The molecule has 0 spiro atoms. The number of methoxy groups -OCH3 is 1. The van der Waals surface area contributed by atoms with Crippen LogP contribution in [-0.2, 0) is 9.53 Å². The second-order valence-electron chi connectivity index (χ2n) is 4.50. The zero-order valence-corrected chi connectivity index (χ0v) is 10.7. The van der Waals surface area contributed by atoms with Crippen LogP contribution in [0.25, 0.3) is 0 Å². The Bertz CT molecular complexity index is 273. The van der Waals surface area contributed by atoms with Crippen LogP contribution in [0.2, 0.25) is 0 Å². The average Bonchev–Trinajstić information content (AvgIpc) is 2.82. The molecule has 1 fully saturated rings. The second kappa shape index (κ2) is 7.27. The van der Waals surface area contributed by atoms with Crippen LogP contribution in [0, 0.1) is 5.92 Å². The number of amides is 1. The molecule has 3 N–H and O–H groups in total. The summed E-state index contributed by atoms with van der Waals surface area (Å²) >= 11 is 0. The highest BCUT2D eigenvalue weighted by Gasteiger charge is 2.20. The van der Waals surface area contributed by atoms with Crippen molar-refractivity contribution in [1.82, 2.24) is 5.32 Å². The van der Waals surface area contributed by atoms with Crippen molar-refractivity contribution in [2.75, 3.05) is 20.3 Å². The third kappa shape index (κ3) is 4.73. The van der Waals surface area contributed by atoms with Gasteiger partial charge in [-0.2, -0.15) is 0 Å². The van der Waals surface area contributed by atoms with Crippen LogP contribution in [-0.4, -0.2) is 38.0 Å². The fraction of sp³-hybridized carbons (Fsp3) is 0.833. The Labute approximate surface area is 103 Å². The predicted molar refractivity (Wildman–Crippen MR) is 67.9 cm³/mol. The van der Waals surface area contributed by atoms with E-state index in [4.69, 9.17) is 10.5 Å². The minimum Gasteiger partial charge on any atom is -0.387 e. The van der Waals surface area contributed by atoms with Gasteiger partial charge in [-0.15, -0.1) is 0 Å². The van der Waals surface area contributed by atoms with Gasteiger partial charge < -0.3 is 15.8 Å². The Morgan fingerprint density at radius 2 is 2.18 bits per heavy atom. The van der Waals surface area contributed by atoms with Gasteiger partial charge in [-0.25, -0.2) is 0 Å². The predicted octanol–water partition coefficient (Wildman–Crippen LogP) is 0.685. The lowest BCUT2D eigenvalue weighted by Gasteiger charge is -2.12. The third-order valence-electron chi connectivity index (χ3n) is 3.10. The van der Waals surface area contributed by atoms with Gasteiger partial charge in [0.05, 0.1) is 12.4 Å². The lowest BCUT2D eigenvalue weighted by molar-refractivity contribution is -0.122. The van der Waals surface area contributed by atoms with Gasteiger partial charge >= 0.3 is 0 Å². The molecule has 0 aromatic heterocycles. The molecule has 1 rings (SSSR count). The molecule has 0 saturated heterocycles. The number of hydrogen-bond acceptors (Lipinski definition) is 3. The standard InChI is InChI=1S/C12H23N3O2/c1-9(12(16)14-7-8-17-2)15-11(13)10-5-3-4-6-10/h9-10H,3-8H2,1-2H3,(H2,13,15)(H,14,16). The summed E-state index contributed by atoms with van der Waals surface area (Å²) < 4.78 is 4.86. The monoisotopic (exact) mass is 241 g/mol. The molecule has 98 valence electrons. The number of carbonyl (C=O) groups is 1. The number of amidine groups is 1. The smallest absolute Gasteiger partial charge is 0.244 e. The van der Waals surface area contributed by atoms with E-state index in [-0.39, 0.29) is 5.91 Å². The average molecular weight is 241 g/mol. The summed E-state index contributed by atoms with van der Waals surface area (Å²) in [5.41, 5.74) is 5.92. The van der Waals surface area contributed by atoms with E-state index in [1.165, 1.54) is 12.8 Å². The summed E-state index contributed by atoms with van der Waals surface area (Å²) in [5.74, 6) is 0.920. The maximum Gasteiger partial charge on any atom is 0.244 e. The van der Waals surface area contributed by atoms with Gasteiger partial charge in [-0.05, 0) is 19.8 Å². The van der Waals surface area contributed by atoms with Crippen molar-refractivity contribution in [2.24, 2.45) is 16.6 Å². The van der Waals surface area contributed by atoms with Crippen LogP contribution >= 0.6 is 0 Å². The minimum absolute atomic E-state index is 0.0944. The highest BCUT2D eigenvalue weighted by molar-refractivity contribution is 5.88. The summed E-state index contributed by atoms with van der Waals surface area (Å²) in [6, 6.07) is -0.410. The van der Waals surface area contributed by atoms with Crippen LogP contribution in [0.1, 0.15) is 32.6 Å². The molecule has 1 unspecified atom stereocenters. The number of hydrogen-bond donors (Lipinski definition) is 2. The lowest BCUT2D eigenvalue weighted by atomic mass is 10.1. The zero-order valence-electron chi connectivity index (χ0n) is 10.7. The van der Waals surface area contributed by atoms with Crippen molar-refractivity contribution in [3.63, 3.8) is 0 Å². The van der Waals surface area contributed by atoms with E-state index in [1.54, 1.807) is 14.0 Å². The fourth-order valence-corrected chi connectivity index (χ4v) is 2.03.